The van der Waals surface area contributed by atoms with Crippen molar-refractivity contribution in [1.29, 1.82) is 0 Å². The van der Waals surface area contributed by atoms with Crippen molar-refractivity contribution < 1.29 is 24.1 Å². The summed E-state index contributed by atoms with van der Waals surface area (Å²) in [6.07, 6.45) is 6.15. The highest BCUT2D eigenvalue weighted by molar-refractivity contribution is 6.29. The molecule has 17 heteroatoms. The van der Waals surface area contributed by atoms with Crippen LogP contribution in [0, 0.1) is 0 Å². The van der Waals surface area contributed by atoms with Crippen molar-refractivity contribution >= 4 is 63.1 Å². The maximum atomic E-state index is 11.5. The summed E-state index contributed by atoms with van der Waals surface area (Å²) < 4.78 is 19.4. The lowest BCUT2D eigenvalue weighted by molar-refractivity contribution is -0.143. The zero-order chi connectivity index (χ0) is 31.4. The van der Waals surface area contributed by atoms with E-state index in [1.54, 1.807) is 24.1 Å². The van der Waals surface area contributed by atoms with E-state index in [0.29, 0.717) is 69.5 Å². The van der Waals surface area contributed by atoms with E-state index in [2.05, 4.69) is 39.7 Å². The summed E-state index contributed by atoms with van der Waals surface area (Å²) in [5, 5.41) is 10.4. The number of carbonyl (C=O) groups excluding carboxylic acids is 1. The molecule has 0 amide bonds. The molecule has 4 aromatic heterocycles. The van der Waals surface area contributed by atoms with Crippen molar-refractivity contribution in [2.45, 2.75) is 51.3 Å². The molecule has 0 aromatic carbocycles. The number of esters is 1. The molecule has 2 aliphatic heterocycles. The van der Waals surface area contributed by atoms with Crippen LogP contribution < -0.4 is 9.80 Å². The van der Waals surface area contributed by atoms with E-state index in [4.69, 9.17) is 37.4 Å². The molecule has 2 saturated heterocycles. The summed E-state index contributed by atoms with van der Waals surface area (Å²) >= 11 is 12.2. The quantitative estimate of drug-likeness (QED) is 0.206. The summed E-state index contributed by atoms with van der Waals surface area (Å²) in [6.45, 7) is 8.94. The van der Waals surface area contributed by atoms with Gasteiger partial charge in [-0.05, 0) is 49.4 Å². The number of morpholine rings is 2. The Morgan fingerprint density at radius 3 is 1.80 bits per heavy atom. The molecule has 1 N–H and O–H groups in total. The van der Waals surface area contributed by atoms with Crippen LogP contribution in [0.15, 0.2) is 12.7 Å². The second-order valence-corrected chi connectivity index (χ2v) is 11.8. The number of hydrogen-bond acceptors (Lipinski definition) is 13. The van der Waals surface area contributed by atoms with Gasteiger partial charge in [-0.2, -0.15) is 19.9 Å². The molecule has 1 saturated carbocycles. The molecule has 242 valence electrons. The normalized spacial score (nSPS) is 17.8. The number of aliphatic hydroxyl groups is 1. The summed E-state index contributed by atoms with van der Waals surface area (Å²) in [5.41, 5.74) is 2.30. The number of halogens is 2. The maximum Gasteiger partial charge on any atom is 0.307 e. The van der Waals surface area contributed by atoms with Gasteiger partial charge in [0.15, 0.2) is 34.0 Å². The SMILES string of the molecule is CCOC(=O)CCn1cnc2c(N3CCOCC3)nc(Cl)nc21.OC1(CCn2cnc3c(N4CCOCC4)nc(Cl)nc32)CC1. The minimum Gasteiger partial charge on any atom is -0.466 e. The Bertz CT molecular complexity index is 1630. The third kappa shape index (κ3) is 7.55. The van der Waals surface area contributed by atoms with Gasteiger partial charge in [-0.15, -0.1) is 0 Å². The summed E-state index contributed by atoms with van der Waals surface area (Å²) in [7, 11) is 0. The molecule has 3 aliphatic rings. The molecule has 1 aliphatic carbocycles. The second-order valence-electron chi connectivity index (χ2n) is 11.1. The van der Waals surface area contributed by atoms with E-state index in [1.165, 1.54) is 0 Å². The number of aryl methyl sites for hydroxylation is 2. The van der Waals surface area contributed by atoms with Crippen LogP contribution in [0.2, 0.25) is 10.6 Å². The third-order valence-electron chi connectivity index (χ3n) is 7.97. The standard InChI is InChI=1S/C14H18ClN5O3.C14H18ClN5O2/c1-2-23-10(21)3-4-20-9-16-11-12(17-14(15)18-13(11)20)19-5-7-22-8-6-19;15-13-17-11(19-5-7-22-8-6-19)10-12(18-13)20(9-16-10)4-3-14(21)1-2-14/h9H,2-8H2,1H3;9,21H,1-8H2. The highest BCUT2D eigenvalue weighted by Gasteiger charge is 2.39. The zero-order valence-corrected chi connectivity index (χ0v) is 26.6. The monoisotopic (exact) mass is 662 g/mol. The molecular weight excluding hydrogens is 627 g/mol. The topological polar surface area (TPSA) is 159 Å². The van der Waals surface area contributed by atoms with Gasteiger partial charge in [0.05, 0.1) is 57.7 Å². The van der Waals surface area contributed by atoms with Crippen LogP contribution in [0.1, 0.15) is 32.6 Å². The Labute approximate surface area is 269 Å². The maximum absolute atomic E-state index is 11.5. The molecule has 45 heavy (non-hydrogen) atoms. The Morgan fingerprint density at radius 2 is 1.33 bits per heavy atom. The Balaban J connectivity index is 0.000000159. The van der Waals surface area contributed by atoms with E-state index < -0.39 is 5.60 Å². The molecule has 0 radical (unpaired) electrons. The highest BCUT2D eigenvalue weighted by Crippen LogP contribution is 2.39. The first-order valence-electron chi connectivity index (χ1n) is 15.1. The fourth-order valence-electron chi connectivity index (χ4n) is 5.29. The number of fused-ring (bicyclic) bond motifs is 2. The number of anilines is 2. The largest absolute Gasteiger partial charge is 0.466 e. The van der Waals surface area contributed by atoms with E-state index in [-0.39, 0.29) is 23.0 Å². The number of carbonyl (C=O) groups is 1. The van der Waals surface area contributed by atoms with Gasteiger partial charge in [-0.25, -0.2) is 9.97 Å². The molecule has 3 fully saturated rings. The average molecular weight is 664 g/mol. The van der Waals surface area contributed by atoms with Gasteiger partial charge in [0.2, 0.25) is 10.6 Å². The van der Waals surface area contributed by atoms with Crippen molar-refractivity contribution in [2.75, 3.05) is 69.0 Å². The van der Waals surface area contributed by atoms with Crippen molar-refractivity contribution in [3.63, 3.8) is 0 Å². The number of hydrogen-bond donors (Lipinski definition) is 1. The number of imidazole rings is 2. The van der Waals surface area contributed by atoms with Crippen LogP contribution in [0.4, 0.5) is 11.6 Å². The molecular formula is C28H36Cl2N10O5. The van der Waals surface area contributed by atoms with Gasteiger partial charge in [-0.3, -0.25) is 4.79 Å². The first-order valence-corrected chi connectivity index (χ1v) is 15.9. The van der Waals surface area contributed by atoms with E-state index >= 15 is 0 Å². The molecule has 0 atom stereocenters. The van der Waals surface area contributed by atoms with Crippen molar-refractivity contribution in [3.05, 3.63) is 23.2 Å². The second kappa shape index (κ2) is 14.0. The van der Waals surface area contributed by atoms with Gasteiger partial charge >= 0.3 is 5.97 Å². The Morgan fingerprint density at radius 1 is 0.844 bits per heavy atom. The number of ether oxygens (including phenoxy) is 3. The van der Waals surface area contributed by atoms with E-state index in [9.17, 15) is 9.90 Å². The minimum absolute atomic E-state index is 0.164. The highest BCUT2D eigenvalue weighted by atomic mass is 35.5. The molecule has 0 spiro atoms. The van der Waals surface area contributed by atoms with Crippen molar-refractivity contribution in [1.82, 2.24) is 39.0 Å². The predicted molar refractivity (Wildman–Crippen MR) is 167 cm³/mol. The van der Waals surface area contributed by atoms with Crippen LogP contribution in [0.3, 0.4) is 0 Å². The molecule has 7 rings (SSSR count). The zero-order valence-electron chi connectivity index (χ0n) is 25.1. The number of nitrogens with zero attached hydrogens (tertiary/aromatic N) is 10. The Hall–Kier alpha value is -3.37. The fraction of sp³-hybridized carbons (Fsp3) is 0.607. The van der Waals surface area contributed by atoms with Gasteiger partial charge in [0.1, 0.15) is 0 Å². The van der Waals surface area contributed by atoms with Crippen LogP contribution in [-0.4, -0.2) is 115 Å². The molecule has 0 unspecified atom stereocenters. The van der Waals surface area contributed by atoms with Crippen molar-refractivity contribution in [3.8, 4) is 0 Å². The van der Waals surface area contributed by atoms with Crippen LogP contribution in [0.5, 0.6) is 0 Å². The minimum atomic E-state index is -0.486. The predicted octanol–water partition coefficient (Wildman–Crippen LogP) is 2.50. The summed E-state index contributed by atoms with van der Waals surface area (Å²) in [6, 6.07) is 0. The van der Waals surface area contributed by atoms with Crippen LogP contribution in [0.25, 0.3) is 22.3 Å². The average Bonchev–Trinajstić information content (AvgIpc) is 3.45. The first-order chi connectivity index (χ1) is 21.8. The third-order valence-corrected chi connectivity index (χ3v) is 8.30. The van der Waals surface area contributed by atoms with E-state index in [0.717, 1.165) is 56.0 Å². The number of rotatable bonds is 9. The van der Waals surface area contributed by atoms with E-state index in [1.807, 2.05) is 4.57 Å². The van der Waals surface area contributed by atoms with Gasteiger partial charge in [0.25, 0.3) is 0 Å². The van der Waals surface area contributed by atoms with Crippen molar-refractivity contribution in [2.24, 2.45) is 0 Å². The smallest absolute Gasteiger partial charge is 0.307 e. The Kier molecular flexibility index (Phi) is 9.80. The lowest BCUT2D eigenvalue weighted by Gasteiger charge is -2.27. The van der Waals surface area contributed by atoms with Gasteiger partial charge in [-0.1, -0.05) is 0 Å². The summed E-state index contributed by atoms with van der Waals surface area (Å²) in [5.74, 6) is 1.23. The van der Waals surface area contributed by atoms with Crippen LogP contribution >= 0.6 is 23.2 Å². The lowest BCUT2D eigenvalue weighted by Crippen LogP contribution is -2.37. The molecule has 15 nitrogen and oxygen atoms in total. The van der Waals surface area contributed by atoms with Gasteiger partial charge in [0, 0.05) is 39.3 Å². The number of aromatic nitrogens is 8. The molecule has 4 aromatic rings. The lowest BCUT2D eigenvalue weighted by atomic mass is 10.2. The summed E-state index contributed by atoms with van der Waals surface area (Å²) in [4.78, 5) is 41.9. The first kappa shape index (κ1) is 31.6. The van der Waals surface area contributed by atoms with Gasteiger partial charge < -0.3 is 38.3 Å². The molecule has 6 heterocycles. The van der Waals surface area contributed by atoms with Crippen LogP contribution in [-0.2, 0) is 32.1 Å². The fourth-order valence-corrected chi connectivity index (χ4v) is 5.61. The molecule has 0 bridgehead atoms.